The molecule has 4 rings (SSSR count). The molecule has 0 heterocycles. The highest BCUT2D eigenvalue weighted by Crippen LogP contribution is 2.56. The van der Waals surface area contributed by atoms with Crippen molar-refractivity contribution in [3.8, 4) is 0 Å². The molecule has 1 aromatic rings. The van der Waals surface area contributed by atoms with Crippen LogP contribution < -0.4 is 0 Å². The van der Waals surface area contributed by atoms with Gasteiger partial charge in [-0.1, -0.05) is 30.7 Å². The number of carbonyl (C=O) groups excluding carboxylic acids is 1. The highest BCUT2D eigenvalue weighted by atomic mass is 32.2. The number of carbonyl (C=O) groups is 1. The number of ketones is 1. The molecule has 1 fully saturated rings. The fourth-order valence-corrected chi connectivity index (χ4v) is 5.65. The van der Waals surface area contributed by atoms with Crippen LogP contribution in [0.3, 0.4) is 0 Å². The van der Waals surface area contributed by atoms with Gasteiger partial charge in [0.1, 0.15) is 11.5 Å². The molecule has 0 amide bonds. The van der Waals surface area contributed by atoms with E-state index < -0.39 is 10.1 Å². The van der Waals surface area contributed by atoms with Crippen molar-refractivity contribution in [1.29, 1.82) is 0 Å². The quantitative estimate of drug-likeness (QED) is 0.831. The van der Waals surface area contributed by atoms with Gasteiger partial charge in [-0.25, -0.2) is 0 Å². The first-order valence-electron chi connectivity index (χ1n) is 8.60. The predicted octanol–water partition coefficient (Wildman–Crippen LogP) is 3.55. The van der Waals surface area contributed by atoms with Gasteiger partial charge in [0.15, 0.2) is 0 Å². The van der Waals surface area contributed by atoms with Crippen LogP contribution in [0.15, 0.2) is 23.8 Å². The Hall–Kier alpha value is -1.46. The number of fused-ring (bicyclic) bond motifs is 4. The Morgan fingerprint density at radius 2 is 2.00 bits per heavy atom. The largest absolute Gasteiger partial charge is 0.299 e. The van der Waals surface area contributed by atoms with E-state index in [4.69, 9.17) is 4.55 Å². The minimum absolute atomic E-state index is 0.165. The van der Waals surface area contributed by atoms with Crippen molar-refractivity contribution in [1.82, 2.24) is 0 Å². The molecule has 24 heavy (non-hydrogen) atoms. The third kappa shape index (κ3) is 2.45. The molecule has 3 aliphatic carbocycles. The molecule has 0 unspecified atom stereocenters. The Bertz CT molecular complexity index is 865. The lowest BCUT2D eigenvalue weighted by molar-refractivity contribution is -0.126. The van der Waals surface area contributed by atoms with E-state index in [1.54, 1.807) is 6.07 Å². The summed E-state index contributed by atoms with van der Waals surface area (Å²) in [4.78, 5) is 12.3. The molecule has 3 aliphatic rings. The van der Waals surface area contributed by atoms with Crippen LogP contribution in [0, 0.1) is 11.3 Å². The molecule has 0 spiro atoms. The molecule has 0 radical (unpaired) electrons. The molecule has 5 heteroatoms. The summed E-state index contributed by atoms with van der Waals surface area (Å²) in [5.74, 6) is 0.481. The number of rotatable bonds is 2. The summed E-state index contributed by atoms with van der Waals surface area (Å²) in [6, 6.07) is 5.72. The first-order valence-corrected chi connectivity index (χ1v) is 10.2. The van der Waals surface area contributed by atoms with Crippen LogP contribution in [0.5, 0.6) is 0 Å². The summed E-state index contributed by atoms with van der Waals surface area (Å²) in [6.45, 7) is 2.14. The Balaban J connectivity index is 1.74. The van der Waals surface area contributed by atoms with Gasteiger partial charge in [-0.3, -0.25) is 9.35 Å². The number of allylic oxidation sites excluding steroid dienone is 2. The number of benzene rings is 1. The lowest BCUT2D eigenvalue weighted by Gasteiger charge is -2.41. The maximum atomic E-state index is 12.3. The molecule has 4 nitrogen and oxygen atoms in total. The van der Waals surface area contributed by atoms with Gasteiger partial charge < -0.3 is 0 Å². The van der Waals surface area contributed by atoms with Crippen LogP contribution in [-0.2, 0) is 27.1 Å². The summed E-state index contributed by atoms with van der Waals surface area (Å²) in [5.41, 5.74) is 5.70. The molecule has 128 valence electrons. The monoisotopic (exact) mass is 346 g/mol. The van der Waals surface area contributed by atoms with Crippen LogP contribution in [0.1, 0.15) is 55.7 Å². The fourth-order valence-electron chi connectivity index (χ4n) is 5.05. The summed E-state index contributed by atoms with van der Waals surface area (Å²) in [6.07, 6.45) is 5.38. The maximum Gasteiger partial charge on any atom is 0.269 e. The Morgan fingerprint density at radius 1 is 1.21 bits per heavy atom. The molecular weight excluding hydrogens is 324 g/mol. The highest BCUT2D eigenvalue weighted by molar-refractivity contribution is 7.85. The molecule has 0 aromatic heterocycles. The zero-order chi connectivity index (χ0) is 17.1. The van der Waals surface area contributed by atoms with Crippen molar-refractivity contribution < 1.29 is 17.8 Å². The average molecular weight is 346 g/mol. The topological polar surface area (TPSA) is 71.4 Å². The maximum absolute atomic E-state index is 12.3. The van der Waals surface area contributed by atoms with Gasteiger partial charge in [0.25, 0.3) is 10.1 Å². The van der Waals surface area contributed by atoms with Gasteiger partial charge in [0.2, 0.25) is 0 Å². The average Bonchev–Trinajstić information content (AvgIpc) is 2.81. The molecule has 0 aliphatic heterocycles. The number of hydrogen-bond acceptors (Lipinski definition) is 3. The second-order valence-corrected chi connectivity index (χ2v) is 9.11. The minimum atomic E-state index is -4.00. The second kappa shape index (κ2) is 5.27. The predicted molar refractivity (Wildman–Crippen MR) is 92.0 cm³/mol. The van der Waals surface area contributed by atoms with Crippen LogP contribution in [-0.4, -0.2) is 18.8 Å². The van der Waals surface area contributed by atoms with Gasteiger partial charge in [0.05, 0.1) is 0 Å². The zero-order valence-corrected chi connectivity index (χ0v) is 14.7. The second-order valence-electron chi connectivity index (χ2n) is 7.65. The smallest absolute Gasteiger partial charge is 0.269 e. The summed E-state index contributed by atoms with van der Waals surface area (Å²) in [7, 11) is -4.00. The molecule has 2 atom stereocenters. The fraction of sp³-hybridized carbons (Fsp3) is 0.526. The Morgan fingerprint density at radius 3 is 2.75 bits per heavy atom. The first-order chi connectivity index (χ1) is 11.3. The number of Topliss-reactive ketones (excluding diaryl/α,β-unsaturated/α-hetero) is 1. The third-order valence-corrected chi connectivity index (χ3v) is 6.97. The van der Waals surface area contributed by atoms with Crippen LogP contribution in [0.25, 0.3) is 5.57 Å². The van der Waals surface area contributed by atoms with Gasteiger partial charge in [-0.05, 0) is 60.3 Å². The van der Waals surface area contributed by atoms with Crippen molar-refractivity contribution in [2.45, 2.75) is 51.2 Å². The number of aryl methyl sites for hydroxylation is 1. The van der Waals surface area contributed by atoms with E-state index in [0.29, 0.717) is 23.7 Å². The van der Waals surface area contributed by atoms with Gasteiger partial charge in [-0.2, -0.15) is 8.42 Å². The SMILES string of the molecule is C[C@]12CCC3=C(CCc4cc(CS(=O)(=O)O)ccc43)[C@@H]1CCC2=O. The molecule has 1 aromatic carbocycles. The van der Waals surface area contributed by atoms with Crippen molar-refractivity contribution in [3.63, 3.8) is 0 Å². The van der Waals surface area contributed by atoms with E-state index in [2.05, 4.69) is 6.92 Å². The van der Waals surface area contributed by atoms with Gasteiger partial charge in [0, 0.05) is 11.8 Å². The Labute approximate surface area is 142 Å². The lowest BCUT2D eigenvalue weighted by Crippen LogP contribution is -2.34. The molecule has 1 saturated carbocycles. The zero-order valence-electron chi connectivity index (χ0n) is 13.8. The van der Waals surface area contributed by atoms with E-state index in [-0.39, 0.29) is 11.2 Å². The highest BCUT2D eigenvalue weighted by Gasteiger charge is 2.50. The van der Waals surface area contributed by atoms with E-state index in [1.807, 2.05) is 12.1 Å². The van der Waals surface area contributed by atoms with Crippen molar-refractivity contribution in [3.05, 3.63) is 40.5 Å². The molecular formula is C19H22O4S. The third-order valence-electron chi connectivity index (χ3n) is 6.28. The molecule has 0 bridgehead atoms. The van der Waals surface area contributed by atoms with Crippen LogP contribution in [0.2, 0.25) is 0 Å². The van der Waals surface area contributed by atoms with Crippen LogP contribution in [0.4, 0.5) is 0 Å². The van der Waals surface area contributed by atoms with E-state index >= 15 is 0 Å². The van der Waals surface area contributed by atoms with Crippen LogP contribution >= 0.6 is 0 Å². The van der Waals surface area contributed by atoms with Gasteiger partial charge in [-0.15, -0.1) is 0 Å². The van der Waals surface area contributed by atoms with Crippen molar-refractivity contribution in [2.75, 3.05) is 0 Å². The Kier molecular flexibility index (Phi) is 3.52. The van der Waals surface area contributed by atoms with E-state index in [9.17, 15) is 13.2 Å². The minimum Gasteiger partial charge on any atom is -0.299 e. The number of hydrogen-bond donors (Lipinski definition) is 1. The molecule has 1 N–H and O–H groups in total. The summed E-state index contributed by atoms with van der Waals surface area (Å²) in [5, 5.41) is 0. The normalized spacial score (nSPS) is 29.2. The summed E-state index contributed by atoms with van der Waals surface area (Å²) < 4.78 is 31.3. The van der Waals surface area contributed by atoms with Crippen molar-refractivity contribution in [2.24, 2.45) is 11.3 Å². The molecule has 0 saturated heterocycles. The van der Waals surface area contributed by atoms with Gasteiger partial charge >= 0.3 is 0 Å². The summed E-state index contributed by atoms with van der Waals surface area (Å²) >= 11 is 0. The van der Waals surface area contributed by atoms with E-state index in [0.717, 1.165) is 32.1 Å². The lowest BCUT2D eigenvalue weighted by atomic mass is 9.63. The van der Waals surface area contributed by atoms with Crippen molar-refractivity contribution >= 4 is 21.5 Å². The standard InChI is InChI=1S/C19H22O4S/c1-19-9-8-15-14-4-2-12(11-24(21,22)23)10-13(14)3-5-16(15)17(19)6-7-18(19)20/h2,4,10,17H,3,5-9,11H2,1H3,(H,21,22,23)/t17-,19-/m0/s1. The van der Waals surface area contributed by atoms with E-state index in [1.165, 1.54) is 22.3 Å². The first kappa shape index (κ1) is 16.0.